The molecule has 1 aliphatic heterocycles. The largest absolute Gasteiger partial charge is 0.376 e. The van der Waals surface area contributed by atoms with Gasteiger partial charge in [0.1, 0.15) is 5.78 Å². The van der Waals surface area contributed by atoms with Crippen molar-refractivity contribution in [1.29, 1.82) is 0 Å². The minimum Gasteiger partial charge on any atom is -0.376 e. The lowest BCUT2D eigenvalue weighted by Crippen LogP contribution is -2.49. The number of carbonyl (C=O) groups is 1. The Bertz CT molecular complexity index is 203. The zero-order valence-electron chi connectivity index (χ0n) is 9.62. The predicted octanol–water partition coefficient (Wildman–Crippen LogP) is 1.32. The molecule has 1 fully saturated rings. The summed E-state index contributed by atoms with van der Waals surface area (Å²) < 4.78 is 5.51. The molecule has 2 unspecified atom stereocenters. The number of ketones is 1. The Morgan fingerprint density at radius 3 is 2.71 bits per heavy atom. The number of hydrogen-bond acceptors (Lipinski definition) is 3. The van der Waals surface area contributed by atoms with Crippen LogP contribution in [0, 0.1) is 5.92 Å². The Morgan fingerprint density at radius 2 is 2.14 bits per heavy atom. The molecule has 0 aromatic carbocycles. The van der Waals surface area contributed by atoms with Gasteiger partial charge in [-0.15, -0.1) is 0 Å². The molecule has 0 aromatic rings. The molecule has 0 spiro atoms. The van der Waals surface area contributed by atoms with Crippen LogP contribution in [-0.4, -0.2) is 42.5 Å². The number of carbonyl (C=O) groups excluding carboxylic acids is 1. The van der Waals surface area contributed by atoms with E-state index in [2.05, 4.69) is 18.7 Å². The van der Waals surface area contributed by atoms with Crippen LogP contribution >= 0.6 is 0 Å². The van der Waals surface area contributed by atoms with E-state index in [-0.39, 0.29) is 12.0 Å². The molecule has 1 aliphatic rings. The van der Waals surface area contributed by atoms with Gasteiger partial charge in [0.2, 0.25) is 0 Å². The van der Waals surface area contributed by atoms with Crippen molar-refractivity contribution in [3.05, 3.63) is 0 Å². The van der Waals surface area contributed by atoms with Gasteiger partial charge in [-0.1, -0.05) is 13.8 Å². The van der Waals surface area contributed by atoms with E-state index < -0.39 is 0 Å². The molecule has 0 radical (unpaired) electrons. The second-order valence-electron chi connectivity index (χ2n) is 4.54. The van der Waals surface area contributed by atoms with E-state index in [0.717, 1.165) is 13.2 Å². The SMILES string of the molecule is CC1CN(CC(=O)C(C)C)C(C)CO1. The first-order valence-electron chi connectivity index (χ1n) is 5.39. The number of rotatable bonds is 3. The summed E-state index contributed by atoms with van der Waals surface area (Å²) in [5.74, 6) is 0.464. The lowest BCUT2D eigenvalue weighted by molar-refractivity contribution is -0.126. The van der Waals surface area contributed by atoms with Crippen LogP contribution in [0.5, 0.6) is 0 Å². The molecule has 0 aromatic heterocycles. The van der Waals surface area contributed by atoms with Crippen LogP contribution in [0.2, 0.25) is 0 Å². The first-order chi connectivity index (χ1) is 6.50. The van der Waals surface area contributed by atoms with E-state index in [0.29, 0.717) is 18.4 Å². The normalized spacial score (nSPS) is 29.5. The Hall–Kier alpha value is -0.410. The van der Waals surface area contributed by atoms with Crippen LogP contribution in [0.4, 0.5) is 0 Å². The number of nitrogens with zero attached hydrogens (tertiary/aromatic N) is 1. The molecule has 2 atom stereocenters. The summed E-state index contributed by atoms with van der Waals surface area (Å²) in [6, 6.07) is 0.369. The van der Waals surface area contributed by atoms with Gasteiger partial charge in [0.15, 0.2) is 0 Å². The van der Waals surface area contributed by atoms with Gasteiger partial charge in [0.05, 0.1) is 19.3 Å². The minimum atomic E-state index is 0.139. The van der Waals surface area contributed by atoms with E-state index in [1.165, 1.54) is 0 Å². The van der Waals surface area contributed by atoms with Gasteiger partial charge in [0.25, 0.3) is 0 Å². The van der Waals surface area contributed by atoms with E-state index in [1.54, 1.807) is 0 Å². The molecule has 0 saturated carbocycles. The van der Waals surface area contributed by atoms with Crippen LogP contribution in [0.25, 0.3) is 0 Å². The molecule has 0 amide bonds. The third-order valence-corrected chi connectivity index (χ3v) is 2.74. The highest BCUT2D eigenvalue weighted by Gasteiger charge is 2.25. The highest BCUT2D eigenvalue weighted by molar-refractivity contribution is 5.82. The van der Waals surface area contributed by atoms with Crippen molar-refractivity contribution < 1.29 is 9.53 Å². The van der Waals surface area contributed by atoms with Gasteiger partial charge in [-0.2, -0.15) is 0 Å². The van der Waals surface area contributed by atoms with E-state index >= 15 is 0 Å². The molecule has 3 heteroatoms. The summed E-state index contributed by atoms with van der Waals surface area (Å²) >= 11 is 0. The van der Waals surface area contributed by atoms with Crippen molar-refractivity contribution in [2.45, 2.75) is 39.8 Å². The maximum absolute atomic E-state index is 11.6. The van der Waals surface area contributed by atoms with Gasteiger partial charge in [-0.3, -0.25) is 9.69 Å². The Balaban J connectivity index is 2.45. The third-order valence-electron chi connectivity index (χ3n) is 2.74. The van der Waals surface area contributed by atoms with Crippen molar-refractivity contribution in [1.82, 2.24) is 4.90 Å². The van der Waals surface area contributed by atoms with Gasteiger partial charge in [-0.25, -0.2) is 0 Å². The van der Waals surface area contributed by atoms with Gasteiger partial charge in [-0.05, 0) is 13.8 Å². The number of Topliss-reactive ketones (excluding diaryl/α,β-unsaturated/α-hetero) is 1. The molecule has 1 heterocycles. The average Bonchev–Trinajstić information content (AvgIpc) is 2.11. The van der Waals surface area contributed by atoms with E-state index in [4.69, 9.17) is 4.74 Å². The molecular formula is C11H21NO2. The number of ether oxygens (including phenoxy) is 1. The van der Waals surface area contributed by atoms with Crippen molar-refractivity contribution in [3.8, 4) is 0 Å². The van der Waals surface area contributed by atoms with E-state index in [1.807, 2.05) is 13.8 Å². The standard InChI is InChI=1S/C11H21NO2/c1-8(2)11(13)6-12-5-10(4)14-7-9(12)3/h8-10H,5-7H2,1-4H3. The topological polar surface area (TPSA) is 29.5 Å². The summed E-state index contributed by atoms with van der Waals surface area (Å²) in [5, 5.41) is 0. The maximum atomic E-state index is 11.6. The summed E-state index contributed by atoms with van der Waals surface area (Å²) in [7, 11) is 0. The molecule has 3 nitrogen and oxygen atoms in total. The van der Waals surface area contributed by atoms with Crippen LogP contribution in [0.1, 0.15) is 27.7 Å². The van der Waals surface area contributed by atoms with Crippen molar-refractivity contribution >= 4 is 5.78 Å². The monoisotopic (exact) mass is 199 g/mol. The Kier molecular flexibility index (Phi) is 4.08. The molecule has 82 valence electrons. The molecule has 0 N–H and O–H groups in total. The zero-order chi connectivity index (χ0) is 10.7. The van der Waals surface area contributed by atoms with Crippen LogP contribution in [0.3, 0.4) is 0 Å². The first kappa shape index (κ1) is 11.7. The summed E-state index contributed by atoms with van der Waals surface area (Å²) in [4.78, 5) is 13.8. The summed E-state index contributed by atoms with van der Waals surface area (Å²) in [6.07, 6.45) is 0.256. The average molecular weight is 199 g/mol. The van der Waals surface area contributed by atoms with E-state index in [9.17, 15) is 4.79 Å². The lowest BCUT2D eigenvalue weighted by atomic mass is 10.1. The van der Waals surface area contributed by atoms with Crippen molar-refractivity contribution in [3.63, 3.8) is 0 Å². The van der Waals surface area contributed by atoms with Gasteiger partial charge < -0.3 is 4.74 Å². The zero-order valence-corrected chi connectivity index (χ0v) is 9.62. The van der Waals surface area contributed by atoms with Gasteiger partial charge >= 0.3 is 0 Å². The lowest BCUT2D eigenvalue weighted by Gasteiger charge is -2.36. The fourth-order valence-corrected chi connectivity index (χ4v) is 1.57. The number of morpholine rings is 1. The predicted molar refractivity (Wildman–Crippen MR) is 56.3 cm³/mol. The third kappa shape index (κ3) is 3.07. The van der Waals surface area contributed by atoms with Crippen LogP contribution < -0.4 is 0 Å². The molecule has 1 saturated heterocycles. The highest BCUT2D eigenvalue weighted by atomic mass is 16.5. The quantitative estimate of drug-likeness (QED) is 0.686. The smallest absolute Gasteiger partial charge is 0.149 e. The molecule has 1 rings (SSSR count). The van der Waals surface area contributed by atoms with Crippen molar-refractivity contribution in [2.75, 3.05) is 19.7 Å². The molecule has 14 heavy (non-hydrogen) atoms. The molecular weight excluding hydrogens is 178 g/mol. The van der Waals surface area contributed by atoms with Crippen molar-refractivity contribution in [2.24, 2.45) is 5.92 Å². The minimum absolute atomic E-state index is 0.139. The van der Waals surface area contributed by atoms with Crippen LogP contribution in [0.15, 0.2) is 0 Å². The maximum Gasteiger partial charge on any atom is 0.149 e. The second-order valence-corrected chi connectivity index (χ2v) is 4.54. The van der Waals surface area contributed by atoms with Crippen LogP contribution in [-0.2, 0) is 9.53 Å². The second kappa shape index (κ2) is 4.89. The molecule has 0 bridgehead atoms. The Labute approximate surface area is 86.4 Å². The highest BCUT2D eigenvalue weighted by Crippen LogP contribution is 2.11. The summed E-state index contributed by atoms with van der Waals surface area (Å²) in [5.41, 5.74) is 0. The fraction of sp³-hybridized carbons (Fsp3) is 0.909. The summed E-state index contributed by atoms with van der Waals surface area (Å²) in [6.45, 7) is 10.3. The van der Waals surface area contributed by atoms with Gasteiger partial charge in [0, 0.05) is 18.5 Å². The fourth-order valence-electron chi connectivity index (χ4n) is 1.57. The molecule has 0 aliphatic carbocycles. The number of hydrogen-bond donors (Lipinski definition) is 0. The Morgan fingerprint density at radius 1 is 1.50 bits per heavy atom. The first-order valence-corrected chi connectivity index (χ1v) is 5.39.